The molecule has 1 saturated carbocycles. The molecule has 5 nitrogen and oxygen atoms in total. The zero-order chi connectivity index (χ0) is 13.8. The Bertz CT molecular complexity index is 450. The molecule has 0 aromatic heterocycles. The van der Waals surface area contributed by atoms with E-state index in [2.05, 4.69) is 4.90 Å². The Morgan fingerprint density at radius 1 is 1.42 bits per heavy atom. The fraction of sp³-hybridized carbons (Fsp3) is 0.571. The maximum absolute atomic E-state index is 10.8. The normalized spacial score (nSPS) is 23.1. The molecule has 1 aromatic carbocycles. The first kappa shape index (κ1) is 13.8. The van der Waals surface area contributed by atoms with E-state index in [1.54, 1.807) is 12.1 Å². The first-order valence-electron chi connectivity index (χ1n) is 6.81. The maximum Gasteiger partial charge on any atom is 0.271 e. The van der Waals surface area contributed by atoms with Gasteiger partial charge in [0.1, 0.15) is 0 Å². The van der Waals surface area contributed by atoms with Crippen LogP contribution in [0.1, 0.15) is 25.7 Å². The predicted molar refractivity (Wildman–Crippen MR) is 76.3 cm³/mol. The number of nitro groups is 1. The SMILES string of the molecule is CN(c1cccc([N+](=O)[O-])c1)C1CCCCC1CN. The maximum atomic E-state index is 10.8. The van der Waals surface area contributed by atoms with Crippen molar-refractivity contribution in [1.29, 1.82) is 0 Å². The van der Waals surface area contributed by atoms with Crippen molar-refractivity contribution in [3.05, 3.63) is 34.4 Å². The van der Waals surface area contributed by atoms with Crippen LogP contribution in [0.5, 0.6) is 0 Å². The van der Waals surface area contributed by atoms with Crippen molar-refractivity contribution in [3.63, 3.8) is 0 Å². The van der Waals surface area contributed by atoms with Gasteiger partial charge in [0, 0.05) is 30.9 Å². The monoisotopic (exact) mass is 263 g/mol. The lowest BCUT2D eigenvalue weighted by Crippen LogP contribution is -2.43. The molecule has 1 aliphatic carbocycles. The lowest BCUT2D eigenvalue weighted by atomic mass is 9.83. The summed E-state index contributed by atoms with van der Waals surface area (Å²) in [6.45, 7) is 0.684. The van der Waals surface area contributed by atoms with Crippen LogP contribution in [0.4, 0.5) is 11.4 Å². The molecule has 5 heteroatoms. The van der Waals surface area contributed by atoms with Crippen LogP contribution in [-0.4, -0.2) is 24.6 Å². The molecule has 104 valence electrons. The first-order chi connectivity index (χ1) is 9.13. The summed E-state index contributed by atoms with van der Waals surface area (Å²) in [5.41, 5.74) is 6.90. The number of hydrogen-bond donors (Lipinski definition) is 1. The molecule has 0 aliphatic heterocycles. The van der Waals surface area contributed by atoms with E-state index in [0.29, 0.717) is 18.5 Å². The van der Waals surface area contributed by atoms with Gasteiger partial charge in [-0.1, -0.05) is 18.9 Å². The first-order valence-corrected chi connectivity index (χ1v) is 6.81. The molecule has 2 atom stereocenters. The number of rotatable bonds is 4. The molecule has 19 heavy (non-hydrogen) atoms. The third-order valence-corrected chi connectivity index (χ3v) is 4.12. The molecule has 1 fully saturated rings. The molecule has 0 heterocycles. The van der Waals surface area contributed by atoms with Crippen molar-refractivity contribution < 1.29 is 4.92 Å². The van der Waals surface area contributed by atoms with Crippen molar-refractivity contribution in [2.24, 2.45) is 11.7 Å². The summed E-state index contributed by atoms with van der Waals surface area (Å²) >= 11 is 0. The van der Waals surface area contributed by atoms with E-state index >= 15 is 0 Å². The van der Waals surface area contributed by atoms with E-state index in [-0.39, 0.29) is 10.6 Å². The van der Waals surface area contributed by atoms with Crippen LogP contribution in [-0.2, 0) is 0 Å². The van der Waals surface area contributed by atoms with Crippen molar-refractivity contribution in [2.75, 3.05) is 18.5 Å². The van der Waals surface area contributed by atoms with Crippen LogP contribution in [0.15, 0.2) is 24.3 Å². The van der Waals surface area contributed by atoms with E-state index in [0.717, 1.165) is 18.5 Å². The molecule has 2 N–H and O–H groups in total. The van der Waals surface area contributed by atoms with Gasteiger partial charge < -0.3 is 10.6 Å². The minimum absolute atomic E-state index is 0.143. The number of nitro benzene ring substituents is 1. The van der Waals surface area contributed by atoms with Crippen LogP contribution in [0, 0.1) is 16.0 Å². The minimum Gasteiger partial charge on any atom is -0.371 e. The topological polar surface area (TPSA) is 72.4 Å². The summed E-state index contributed by atoms with van der Waals surface area (Å²) < 4.78 is 0. The van der Waals surface area contributed by atoms with Crippen LogP contribution in [0.25, 0.3) is 0 Å². The minimum atomic E-state index is -0.349. The zero-order valence-corrected chi connectivity index (χ0v) is 11.3. The molecule has 2 unspecified atom stereocenters. The number of anilines is 1. The van der Waals surface area contributed by atoms with Crippen LogP contribution in [0.3, 0.4) is 0 Å². The second-order valence-electron chi connectivity index (χ2n) is 5.24. The average Bonchev–Trinajstić information content (AvgIpc) is 2.46. The number of non-ortho nitro benzene ring substituents is 1. The summed E-state index contributed by atoms with van der Waals surface area (Å²) in [4.78, 5) is 12.6. The van der Waals surface area contributed by atoms with Crippen molar-refractivity contribution >= 4 is 11.4 Å². The third kappa shape index (κ3) is 3.04. The Labute approximate surface area is 113 Å². The molecule has 0 spiro atoms. The highest BCUT2D eigenvalue weighted by Gasteiger charge is 2.27. The van der Waals surface area contributed by atoms with Crippen LogP contribution in [0.2, 0.25) is 0 Å². The van der Waals surface area contributed by atoms with Gasteiger partial charge in [0.05, 0.1) is 4.92 Å². The summed E-state index contributed by atoms with van der Waals surface area (Å²) in [6, 6.07) is 7.22. The Balaban J connectivity index is 2.20. The highest BCUT2D eigenvalue weighted by molar-refractivity contribution is 5.53. The molecule has 0 saturated heterocycles. The van der Waals surface area contributed by atoms with Gasteiger partial charge in [-0.3, -0.25) is 10.1 Å². The fourth-order valence-corrected chi connectivity index (χ4v) is 2.99. The molecule has 2 rings (SSSR count). The molecular weight excluding hydrogens is 242 g/mol. The van der Waals surface area contributed by atoms with Crippen molar-refractivity contribution in [2.45, 2.75) is 31.7 Å². The summed E-state index contributed by atoms with van der Waals surface area (Å²) in [7, 11) is 2.01. The molecule has 1 aliphatic rings. The highest BCUT2D eigenvalue weighted by atomic mass is 16.6. The van der Waals surface area contributed by atoms with Gasteiger partial charge in [0.25, 0.3) is 5.69 Å². The number of nitrogens with zero attached hydrogens (tertiary/aromatic N) is 2. The molecule has 0 amide bonds. The number of nitrogens with two attached hydrogens (primary N) is 1. The van der Waals surface area contributed by atoms with Crippen molar-refractivity contribution in [1.82, 2.24) is 0 Å². The standard InChI is InChI=1S/C14H21N3O2/c1-16(14-8-3-2-5-11(14)10-15)12-6-4-7-13(9-12)17(18)19/h4,6-7,9,11,14H,2-3,5,8,10,15H2,1H3. The van der Waals surface area contributed by atoms with Gasteiger partial charge in [0.2, 0.25) is 0 Å². The average molecular weight is 263 g/mol. The zero-order valence-electron chi connectivity index (χ0n) is 11.3. The van der Waals surface area contributed by atoms with Crippen molar-refractivity contribution in [3.8, 4) is 0 Å². The van der Waals surface area contributed by atoms with Gasteiger partial charge in [0.15, 0.2) is 0 Å². The third-order valence-electron chi connectivity index (χ3n) is 4.12. The lowest BCUT2D eigenvalue weighted by Gasteiger charge is -2.38. The van der Waals surface area contributed by atoms with E-state index in [1.165, 1.54) is 18.9 Å². The Kier molecular flexibility index (Phi) is 4.37. The van der Waals surface area contributed by atoms with E-state index in [1.807, 2.05) is 13.1 Å². The van der Waals surface area contributed by atoms with Gasteiger partial charge in [-0.25, -0.2) is 0 Å². The summed E-state index contributed by atoms with van der Waals surface area (Å²) in [6.07, 6.45) is 4.71. The van der Waals surface area contributed by atoms with E-state index < -0.39 is 0 Å². The highest BCUT2D eigenvalue weighted by Crippen LogP contribution is 2.31. The molecule has 0 bridgehead atoms. The van der Waals surface area contributed by atoms with Crippen LogP contribution >= 0.6 is 0 Å². The largest absolute Gasteiger partial charge is 0.371 e. The predicted octanol–water partition coefficient (Wildman–Crippen LogP) is 2.55. The van der Waals surface area contributed by atoms with Gasteiger partial charge in [-0.05, 0) is 31.4 Å². The van der Waals surface area contributed by atoms with Gasteiger partial charge >= 0.3 is 0 Å². The van der Waals surface area contributed by atoms with E-state index in [9.17, 15) is 10.1 Å². The second-order valence-corrected chi connectivity index (χ2v) is 5.24. The molecule has 0 radical (unpaired) electrons. The quantitative estimate of drug-likeness (QED) is 0.669. The summed E-state index contributed by atoms with van der Waals surface area (Å²) in [5, 5.41) is 10.8. The molecule has 1 aromatic rings. The smallest absolute Gasteiger partial charge is 0.271 e. The van der Waals surface area contributed by atoms with Gasteiger partial charge in [-0.15, -0.1) is 0 Å². The van der Waals surface area contributed by atoms with Gasteiger partial charge in [-0.2, -0.15) is 0 Å². The second kappa shape index (κ2) is 6.02. The fourth-order valence-electron chi connectivity index (χ4n) is 2.99. The molecular formula is C14H21N3O2. The Morgan fingerprint density at radius 2 is 2.16 bits per heavy atom. The Hall–Kier alpha value is -1.62. The number of benzene rings is 1. The van der Waals surface area contributed by atoms with E-state index in [4.69, 9.17) is 5.73 Å². The number of hydrogen-bond acceptors (Lipinski definition) is 4. The summed E-state index contributed by atoms with van der Waals surface area (Å²) in [5.74, 6) is 0.484. The van der Waals surface area contributed by atoms with Crippen LogP contribution < -0.4 is 10.6 Å². The lowest BCUT2D eigenvalue weighted by molar-refractivity contribution is -0.384. The Morgan fingerprint density at radius 3 is 2.84 bits per heavy atom.